The maximum absolute atomic E-state index is 11.5. The minimum Gasteiger partial charge on any atom is -0.449 e. The Balaban J connectivity index is 2.23. The van der Waals surface area contributed by atoms with Gasteiger partial charge < -0.3 is 22.2 Å². The number of quaternary nitrogens is 1. The molecule has 0 radical (unpaired) electrons. The quantitative estimate of drug-likeness (QED) is 0.438. The molecule has 0 saturated carbocycles. The predicted molar refractivity (Wildman–Crippen MR) is 74.5 cm³/mol. The summed E-state index contributed by atoms with van der Waals surface area (Å²) in [6.45, 7) is 12.4. The Kier molecular flexibility index (Phi) is 4.98. The van der Waals surface area contributed by atoms with E-state index in [1.54, 1.807) is 0 Å². The molecule has 0 spiro atoms. The molecule has 0 aliphatic carbocycles. The van der Waals surface area contributed by atoms with Crippen molar-refractivity contribution in [1.29, 1.82) is 0 Å². The van der Waals surface area contributed by atoms with Gasteiger partial charge >= 0.3 is 15.0 Å². The van der Waals surface area contributed by atoms with E-state index in [1.165, 1.54) is 0 Å². The second-order valence-corrected chi connectivity index (χ2v) is 7.28. The molecule has 3 heterocycles. The van der Waals surface area contributed by atoms with Crippen molar-refractivity contribution in [1.82, 2.24) is 0 Å². The van der Waals surface area contributed by atoms with Crippen LogP contribution in [-0.4, -0.2) is 65.0 Å². The van der Waals surface area contributed by atoms with Gasteiger partial charge in [0.2, 0.25) is 0 Å². The van der Waals surface area contributed by atoms with Crippen molar-refractivity contribution < 1.29 is 27.0 Å². The number of fused-ring (bicyclic) bond motifs is 6. The van der Waals surface area contributed by atoms with E-state index in [0.717, 1.165) is 43.2 Å². The predicted octanol–water partition coefficient (Wildman–Crippen LogP) is 0.843. The van der Waals surface area contributed by atoms with Crippen LogP contribution in [0.4, 0.5) is 0 Å². The molecule has 114 valence electrons. The molecule has 1 atom stereocenters. The van der Waals surface area contributed by atoms with Gasteiger partial charge in [-0.2, -0.15) is 0 Å². The highest BCUT2D eigenvalue weighted by atomic mass is 28.4. The number of likely N-dealkylation sites (N-methyl/N-ethyl adjacent to an activating group) is 1. The van der Waals surface area contributed by atoms with E-state index in [-0.39, 0.29) is 6.10 Å². The zero-order chi connectivity index (χ0) is 14.6. The first-order chi connectivity index (χ1) is 9.57. The smallest absolute Gasteiger partial charge is 0.449 e. The van der Waals surface area contributed by atoms with E-state index < -0.39 is 15.0 Å². The topological polar surface area (TPSA) is 54.0 Å². The lowest BCUT2D eigenvalue weighted by atomic mass is 10.2. The number of hydrogen-bond acceptors (Lipinski definition) is 5. The van der Waals surface area contributed by atoms with Crippen LogP contribution < -0.4 is 0 Å². The molecule has 0 aromatic rings. The van der Waals surface area contributed by atoms with Gasteiger partial charge in [0.25, 0.3) is 0 Å². The lowest BCUT2D eigenvalue weighted by molar-refractivity contribution is -0.931. The summed E-state index contributed by atoms with van der Waals surface area (Å²) >= 11 is 0. The largest absolute Gasteiger partial charge is 0.752 e. The summed E-state index contributed by atoms with van der Waals surface area (Å²) in [7, 11) is -3.37. The maximum Gasteiger partial charge on any atom is 0.752 e. The van der Waals surface area contributed by atoms with Crippen LogP contribution in [0.5, 0.6) is 0 Å². The second kappa shape index (κ2) is 6.36. The van der Waals surface area contributed by atoms with E-state index in [2.05, 4.69) is 20.4 Å². The van der Waals surface area contributed by atoms with Gasteiger partial charge in [0.15, 0.2) is 0 Å². The third-order valence-corrected chi connectivity index (χ3v) is 6.30. The highest BCUT2D eigenvalue weighted by Gasteiger charge is 2.56. The highest BCUT2D eigenvalue weighted by molar-refractivity contribution is 6.55. The molecular formula is C13H24NO5Si+. The minimum atomic E-state index is -3.37. The van der Waals surface area contributed by atoms with Crippen LogP contribution in [0.1, 0.15) is 20.3 Å². The number of carbonyl (C=O) groups is 1. The first kappa shape index (κ1) is 15.7. The summed E-state index contributed by atoms with van der Waals surface area (Å²) in [5, 5.41) is 0. The third-order valence-electron chi connectivity index (χ3n) is 4.11. The van der Waals surface area contributed by atoms with Crippen molar-refractivity contribution in [2.24, 2.45) is 0 Å². The molecule has 3 fully saturated rings. The van der Waals surface area contributed by atoms with Crippen molar-refractivity contribution in [3.8, 4) is 0 Å². The fraction of sp³-hybridized carbons (Fsp3) is 0.769. The fourth-order valence-electron chi connectivity index (χ4n) is 2.71. The normalized spacial score (nSPS) is 37.6. The maximum atomic E-state index is 11.5. The summed E-state index contributed by atoms with van der Waals surface area (Å²) in [4.78, 5) is 11.5. The zero-order valence-corrected chi connectivity index (χ0v) is 13.3. The molecule has 1 unspecified atom stereocenters. The van der Waals surface area contributed by atoms with Crippen LogP contribution in [0, 0.1) is 0 Å². The van der Waals surface area contributed by atoms with Crippen LogP contribution in [0.25, 0.3) is 0 Å². The lowest BCUT2D eigenvalue weighted by Gasteiger charge is -2.46. The van der Waals surface area contributed by atoms with Crippen LogP contribution in [0.3, 0.4) is 0 Å². The molecule has 0 N–H and O–H groups in total. The van der Waals surface area contributed by atoms with Gasteiger partial charge in [-0.1, -0.05) is 13.5 Å². The zero-order valence-electron chi connectivity index (χ0n) is 12.3. The lowest BCUT2D eigenvalue weighted by Crippen LogP contribution is -2.66. The Morgan fingerprint density at radius 3 is 2.55 bits per heavy atom. The minimum absolute atomic E-state index is 0.0140. The molecule has 20 heavy (non-hydrogen) atoms. The van der Waals surface area contributed by atoms with E-state index in [9.17, 15) is 4.79 Å². The van der Waals surface area contributed by atoms with Crippen LogP contribution >= 0.6 is 0 Å². The Labute approximate surface area is 121 Å². The van der Waals surface area contributed by atoms with Gasteiger partial charge in [-0.15, -0.1) is 0 Å². The van der Waals surface area contributed by atoms with Gasteiger partial charge in [0.05, 0.1) is 19.8 Å². The summed E-state index contributed by atoms with van der Waals surface area (Å²) in [5.74, 6) is -0.552. The molecule has 0 aromatic carbocycles. The van der Waals surface area contributed by atoms with Crippen molar-refractivity contribution in [3.05, 3.63) is 12.7 Å². The average Bonchev–Trinajstić information content (AvgIpc) is 2.40. The molecular weight excluding hydrogens is 278 g/mol. The molecule has 3 aliphatic rings. The first-order valence-corrected chi connectivity index (χ1v) is 8.86. The molecule has 7 heteroatoms. The van der Waals surface area contributed by atoms with Crippen molar-refractivity contribution in [2.45, 2.75) is 26.4 Å². The van der Waals surface area contributed by atoms with E-state index in [4.69, 9.17) is 17.7 Å². The molecule has 0 amide bonds. The molecule has 0 aromatic heterocycles. The Hall–Kier alpha value is -0.733. The van der Waals surface area contributed by atoms with Crippen molar-refractivity contribution in [3.63, 3.8) is 0 Å². The van der Waals surface area contributed by atoms with Gasteiger partial charge in [-0.05, 0) is 13.3 Å². The van der Waals surface area contributed by atoms with Gasteiger partial charge in [-0.25, -0.2) is 4.79 Å². The van der Waals surface area contributed by atoms with Crippen LogP contribution in [-0.2, 0) is 22.5 Å². The summed E-state index contributed by atoms with van der Waals surface area (Å²) in [6.07, 6.45) is 1.94. The van der Waals surface area contributed by atoms with E-state index in [1.807, 2.05) is 0 Å². The monoisotopic (exact) mass is 302 g/mol. The van der Waals surface area contributed by atoms with Gasteiger partial charge in [-0.3, -0.25) is 0 Å². The second-order valence-electron chi connectivity index (χ2n) is 5.26. The SMILES string of the molecule is C=CC(=O)O[Si]12OCC[N+](CC)(CCO1)CC(CC)O2. The van der Waals surface area contributed by atoms with Gasteiger partial charge in [0, 0.05) is 6.08 Å². The molecule has 3 rings (SSSR count). The van der Waals surface area contributed by atoms with Crippen molar-refractivity contribution >= 4 is 15.0 Å². The van der Waals surface area contributed by atoms with Crippen LogP contribution in [0.15, 0.2) is 12.7 Å². The Bertz CT molecular complexity index is 366. The van der Waals surface area contributed by atoms with E-state index >= 15 is 0 Å². The summed E-state index contributed by atoms with van der Waals surface area (Å²) < 4.78 is 23.8. The van der Waals surface area contributed by atoms with Crippen molar-refractivity contribution in [2.75, 3.05) is 39.4 Å². The van der Waals surface area contributed by atoms with Gasteiger partial charge in [0.1, 0.15) is 25.7 Å². The third kappa shape index (κ3) is 3.29. The number of carbonyl (C=O) groups excluding carboxylic acids is 1. The number of hydrogen-bond donors (Lipinski definition) is 0. The number of rotatable bonds is 4. The highest BCUT2D eigenvalue weighted by Crippen LogP contribution is 2.26. The standard InChI is InChI=1S/C13H24NO5Si/c1-4-12-11-14(6-3)7-9-16-20(18-12,17-10-8-14)19-13(15)5-2/h5,12H,2,4,6-11H2,1,3H3/q+1. The average molecular weight is 302 g/mol. The Morgan fingerprint density at radius 2 is 2.05 bits per heavy atom. The molecule has 3 aliphatic heterocycles. The molecule has 3 saturated heterocycles. The molecule has 2 bridgehead atoms. The fourth-order valence-corrected chi connectivity index (χ4v) is 4.76. The Morgan fingerprint density at radius 1 is 1.40 bits per heavy atom. The summed E-state index contributed by atoms with van der Waals surface area (Å²) in [5.41, 5.74) is 0. The molecule has 6 nitrogen and oxygen atoms in total. The first-order valence-electron chi connectivity index (χ1n) is 7.23. The van der Waals surface area contributed by atoms with Crippen LogP contribution in [0.2, 0.25) is 0 Å². The van der Waals surface area contributed by atoms with E-state index in [0.29, 0.717) is 13.2 Å². The summed E-state index contributed by atoms with van der Waals surface area (Å²) in [6, 6.07) is 0. The number of nitrogens with zero attached hydrogens (tertiary/aromatic N) is 1.